The molecule has 4 heterocycles. The van der Waals surface area contributed by atoms with Gasteiger partial charge in [-0.15, -0.1) is 0 Å². The number of hydrogen-bond acceptors (Lipinski definition) is 4. The van der Waals surface area contributed by atoms with Crippen molar-refractivity contribution in [3.05, 3.63) is 114 Å². The zero-order valence-electron chi connectivity index (χ0n) is 22.9. The van der Waals surface area contributed by atoms with Crippen molar-refractivity contribution in [3.63, 3.8) is 0 Å². The van der Waals surface area contributed by atoms with Crippen molar-refractivity contribution >= 4 is 22.8 Å². The predicted molar refractivity (Wildman–Crippen MR) is 159 cm³/mol. The minimum absolute atomic E-state index is 0.271. The van der Waals surface area contributed by atoms with Crippen molar-refractivity contribution < 1.29 is 8.78 Å². The molecule has 0 aliphatic heterocycles. The fourth-order valence-corrected chi connectivity index (χ4v) is 4.76. The van der Waals surface area contributed by atoms with E-state index in [1.807, 2.05) is 37.3 Å². The van der Waals surface area contributed by atoms with Gasteiger partial charge in [0, 0.05) is 58.0 Å². The van der Waals surface area contributed by atoms with E-state index in [1.165, 1.54) is 19.9 Å². The van der Waals surface area contributed by atoms with Gasteiger partial charge in [-0.2, -0.15) is 0 Å². The standard InChI is InChI=1S/C33H31F2N5/c1-6-26-14-23(10-11-36-26)31-16-24-13-25(18-38-32(24)40-31)21-8-9-22(29(34)15-21)12-20(3)39-27-17-28(33(4,5)35)30(7-2)37-19-27/h6,8-11,13-19,39H,1,3,7,12H2,2,4-5H3,(H,38,40). The molecule has 0 fully saturated rings. The Morgan fingerprint density at radius 1 is 1.00 bits per heavy atom. The predicted octanol–water partition coefficient (Wildman–Crippen LogP) is 8.40. The van der Waals surface area contributed by atoms with Crippen LogP contribution in [-0.2, 0) is 18.5 Å². The third-order valence-corrected chi connectivity index (χ3v) is 6.83. The Kier molecular flexibility index (Phi) is 7.30. The lowest BCUT2D eigenvalue weighted by Gasteiger charge is -2.20. The number of hydrogen-bond donors (Lipinski definition) is 2. The summed E-state index contributed by atoms with van der Waals surface area (Å²) in [5.41, 5.74) is 6.40. The maximum absolute atomic E-state index is 15.2. The Balaban J connectivity index is 1.33. The molecule has 0 bridgehead atoms. The van der Waals surface area contributed by atoms with Crippen LogP contribution in [0.4, 0.5) is 14.5 Å². The van der Waals surface area contributed by atoms with Crippen molar-refractivity contribution in [3.8, 4) is 22.4 Å². The molecule has 0 saturated heterocycles. The molecule has 0 saturated carbocycles. The molecule has 0 spiro atoms. The summed E-state index contributed by atoms with van der Waals surface area (Å²) in [6.45, 7) is 12.8. The minimum Gasteiger partial charge on any atom is -0.358 e. The number of rotatable bonds is 9. The molecule has 0 amide bonds. The van der Waals surface area contributed by atoms with Crippen LogP contribution in [-0.4, -0.2) is 19.9 Å². The molecular formula is C33H31F2N5. The van der Waals surface area contributed by atoms with Gasteiger partial charge in [0.2, 0.25) is 0 Å². The Bertz CT molecular complexity index is 1730. The van der Waals surface area contributed by atoms with Gasteiger partial charge < -0.3 is 10.3 Å². The van der Waals surface area contributed by atoms with Crippen molar-refractivity contribution in [2.75, 3.05) is 5.32 Å². The smallest absolute Gasteiger partial charge is 0.137 e. The molecule has 0 atom stereocenters. The number of pyridine rings is 3. The number of allylic oxidation sites excluding steroid dienone is 1. The molecule has 1 aromatic carbocycles. The number of aryl methyl sites for hydroxylation is 1. The molecule has 7 heteroatoms. The van der Waals surface area contributed by atoms with Crippen LogP contribution in [0.2, 0.25) is 0 Å². The topological polar surface area (TPSA) is 66.5 Å². The van der Waals surface area contributed by atoms with Gasteiger partial charge in [-0.1, -0.05) is 32.2 Å². The fourth-order valence-electron chi connectivity index (χ4n) is 4.76. The van der Waals surface area contributed by atoms with Crippen LogP contribution in [0.1, 0.15) is 43.3 Å². The number of H-pyrrole nitrogens is 1. The third kappa shape index (κ3) is 5.69. The van der Waals surface area contributed by atoms with Crippen LogP contribution < -0.4 is 5.32 Å². The first kappa shape index (κ1) is 26.9. The van der Waals surface area contributed by atoms with Gasteiger partial charge in [0.05, 0.1) is 17.6 Å². The Morgan fingerprint density at radius 2 is 1.82 bits per heavy atom. The molecule has 4 aromatic heterocycles. The largest absolute Gasteiger partial charge is 0.358 e. The second-order valence-corrected chi connectivity index (χ2v) is 10.3. The Hall–Kier alpha value is -4.65. The summed E-state index contributed by atoms with van der Waals surface area (Å²) in [4.78, 5) is 16.5. The fraction of sp³-hybridized carbons (Fsp3) is 0.182. The summed E-state index contributed by atoms with van der Waals surface area (Å²) in [6.07, 6.45) is 7.74. The normalized spacial score (nSPS) is 11.5. The third-order valence-electron chi connectivity index (χ3n) is 6.83. The van der Waals surface area contributed by atoms with Crippen LogP contribution >= 0.6 is 0 Å². The summed E-state index contributed by atoms with van der Waals surface area (Å²) < 4.78 is 29.9. The van der Waals surface area contributed by atoms with E-state index in [1.54, 1.807) is 36.8 Å². The highest BCUT2D eigenvalue weighted by Crippen LogP contribution is 2.31. The van der Waals surface area contributed by atoms with Crippen LogP contribution in [0.5, 0.6) is 0 Å². The first-order valence-corrected chi connectivity index (χ1v) is 13.1. The monoisotopic (exact) mass is 535 g/mol. The molecule has 5 nitrogen and oxygen atoms in total. The summed E-state index contributed by atoms with van der Waals surface area (Å²) in [5.74, 6) is -0.339. The van der Waals surface area contributed by atoms with Crippen LogP contribution in [0.15, 0.2) is 86.0 Å². The van der Waals surface area contributed by atoms with Crippen molar-refractivity contribution in [1.29, 1.82) is 0 Å². The maximum atomic E-state index is 15.2. The second kappa shape index (κ2) is 10.8. The molecule has 0 aliphatic carbocycles. The summed E-state index contributed by atoms with van der Waals surface area (Å²) in [7, 11) is 0. The highest BCUT2D eigenvalue weighted by molar-refractivity contribution is 5.86. The lowest BCUT2D eigenvalue weighted by atomic mass is 9.96. The number of alkyl halides is 1. The van der Waals surface area contributed by atoms with Crippen molar-refractivity contribution in [1.82, 2.24) is 19.9 Å². The molecule has 5 rings (SSSR count). The van der Waals surface area contributed by atoms with E-state index in [0.29, 0.717) is 34.6 Å². The highest BCUT2D eigenvalue weighted by atomic mass is 19.1. The number of halogens is 2. The van der Waals surface area contributed by atoms with E-state index in [9.17, 15) is 4.39 Å². The second-order valence-electron chi connectivity index (χ2n) is 10.3. The summed E-state index contributed by atoms with van der Waals surface area (Å²) in [5, 5.41) is 4.08. The number of benzene rings is 1. The SMILES string of the molecule is C=Cc1cc(-c2cc3cc(-c4ccc(CC(=C)Nc5cnc(CC)c(C(C)(C)F)c5)c(F)c4)cnc3[nH]2)ccn1. The van der Waals surface area contributed by atoms with Gasteiger partial charge in [-0.25, -0.2) is 13.8 Å². The van der Waals surface area contributed by atoms with Gasteiger partial charge in [0.1, 0.15) is 17.1 Å². The number of aromatic nitrogens is 4. The number of nitrogens with one attached hydrogen (secondary N) is 2. The Morgan fingerprint density at radius 3 is 2.55 bits per heavy atom. The van der Waals surface area contributed by atoms with Gasteiger partial charge in [-0.05, 0) is 73.9 Å². The van der Waals surface area contributed by atoms with E-state index >= 15 is 4.39 Å². The molecule has 202 valence electrons. The van der Waals surface area contributed by atoms with E-state index in [4.69, 9.17) is 0 Å². The zero-order chi connectivity index (χ0) is 28.4. The van der Waals surface area contributed by atoms with Gasteiger partial charge >= 0.3 is 0 Å². The van der Waals surface area contributed by atoms with Crippen molar-refractivity contribution in [2.24, 2.45) is 0 Å². The average molecular weight is 536 g/mol. The number of anilines is 1. The van der Waals surface area contributed by atoms with Gasteiger partial charge in [-0.3, -0.25) is 9.97 Å². The minimum atomic E-state index is -1.52. The molecule has 0 aliphatic rings. The zero-order valence-corrected chi connectivity index (χ0v) is 22.9. The lowest BCUT2D eigenvalue weighted by Crippen LogP contribution is -2.14. The van der Waals surface area contributed by atoms with E-state index < -0.39 is 5.67 Å². The maximum Gasteiger partial charge on any atom is 0.137 e. The summed E-state index contributed by atoms with van der Waals surface area (Å²) >= 11 is 0. The summed E-state index contributed by atoms with van der Waals surface area (Å²) in [6, 6.07) is 14.8. The molecular weight excluding hydrogens is 504 g/mol. The van der Waals surface area contributed by atoms with Crippen molar-refractivity contribution in [2.45, 2.75) is 39.3 Å². The van der Waals surface area contributed by atoms with Crippen LogP contribution in [0.3, 0.4) is 0 Å². The van der Waals surface area contributed by atoms with Gasteiger partial charge in [0.15, 0.2) is 0 Å². The van der Waals surface area contributed by atoms with E-state index in [-0.39, 0.29) is 12.2 Å². The number of fused-ring (bicyclic) bond motifs is 1. The first-order chi connectivity index (χ1) is 19.1. The van der Waals surface area contributed by atoms with E-state index in [0.717, 1.165) is 39.1 Å². The molecule has 40 heavy (non-hydrogen) atoms. The average Bonchev–Trinajstić information content (AvgIpc) is 3.37. The Labute approximate surface area is 232 Å². The number of aromatic amines is 1. The first-order valence-electron chi connectivity index (χ1n) is 13.1. The number of nitrogens with zero attached hydrogens (tertiary/aromatic N) is 3. The van der Waals surface area contributed by atoms with Gasteiger partial charge in [0.25, 0.3) is 0 Å². The van der Waals surface area contributed by atoms with Crippen LogP contribution in [0, 0.1) is 5.82 Å². The molecule has 2 N–H and O–H groups in total. The van der Waals surface area contributed by atoms with Crippen LogP contribution in [0.25, 0.3) is 39.5 Å². The highest BCUT2D eigenvalue weighted by Gasteiger charge is 2.23. The van der Waals surface area contributed by atoms with E-state index in [2.05, 4.69) is 38.4 Å². The molecule has 5 aromatic rings. The molecule has 0 unspecified atom stereocenters. The lowest BCUT2D eigenvalue weighted by molar-refractivity contribution is 0.219. The quantitative estimate of drug-likeness (QED) is 0.199. The molecule has 0 radical (unpaired) electrons.